The van der Waals surface area contributed by atoms with Crippen LogP contribution in [0.5, 0.6) is 5.75 Å². The van der Waals surface area contributed by atoms with E-state index in [4.69, 9.17) is 10.5 Å². The lowest BCUT2D eigenvalue weighted by Gasteiger charge is -2.35. The topological polar surface area (TPSA) is 193 Å². The second-order valence-electron chi connectivity index (χ2n) is 13.8. The Balaban J connectivity index is 1.19. The van der Waals surface area contributed by atoms with E-state index in [-0.39, 0.29) is 47.2 Å². The molecule has 1 atom stereocenters. The summed E-state index contributed by atoms with van der Waals surface area (Å²) >= 11 is 0. The van der Waals surface area contributed by atoms with E-state index in [1.54, 1.807) is 32.0 Å². The van der Waals surface area contributed by atoms with Crippen molar-refractivity contribution in [1.82, 2.24) is 15.0 Å². The Kier molecular flexibility index (Phi) is 11.4. The van der Waals surface area contributed by atoms with Gasteiger partial charge in [-0.1, -0.05) is 36.4 Å². The van der Waals surface area contributed by atoms with Crippen LogP contribution < -0.4 is 26.1 Å². The third-order valence-electron chi connectivity index (χ3n) is 9.48. The molecule has 14 heteroatoms. The number of nitrogens with two attached hydrogens (primary N) is 1. The molecule has 6 N–H and O–H groups in total. The third-order valence-corrected chi connectivity index (χ3v) is 11.1. The van der Waals surface area contributed by atoms with E-state index >= 15 is 0 Å². The molecular weight excluding hydrogens is 702 g/mol. The van der Waals surface area contributed by atoms with Gasteiger partial charge in [0, 0.05) is 18.7 Å². The number of amides is 1. The van der Waals surface area contributed by atoms with E-state index in [2.05, 4.69) is 20.0 Å². The molecule has 0 saturated heterocycles. The number of nitrogens with one attached hydrogen (secondary N) is 3. The van der Waals surface area contributed by atoms with E-state index < -0.39 is 33.5 Å². The molecular formula is C39H44FN5O7S. The zero-order valence-electron chi connectivity index (χ0n) is 30.3. The highest BCUT2D eigenvalue weighted by Gasteiger charge is 2.33. The lowest BCUT2D eigenvalue weighted by atomic mass is 9.88. The van der Waals surface area contributed by atoms with Crippen molar-refractivity contribution < 1.29 is 32.2 Å². The summed E-state index contributed by atoms with van der Waals surface area (Å²) in [6.07, 6.45) is 1.78. The fourth-order valence-corrected chi connectivity index (χ4v) is 8.07. The number of sulfonamides is 1. The van der Waals surface area contributed by atoms with Crippen LogP contribution in [0.4, 0.5) is 4.39 Å². The third kappa shape index (κ3) is 8.94. The van der Waals surface area contributed by atoms with Gasteiger partial charge < -0.3 is 25.9 Å². The predicted molar refractivity (Wildman–Crippen MR) is 200 cm³/mol. The van der Waals surface area contributed by atoms with Crippen LogP contribution in [0.2, 0.25) is 0 Å². The first-order chi connectivity index (χ1) is 25.0. The van der Waals surface area contributed by atoms with Crippen molar-refractivity contribution in [2.45, 2.75) is 83.3 Å². The number of H-pyrrole nitrogens is 1. The number of ether oxygens (including phenoxy) is 1. The zero-order valence-corrected chi connectivity index (χ0v) is 31.1. The summed E-state index contributed by atoms with van der Waals surface area (Å²) in [5.41, 5.74) is 10.4. The summed E-state index contributed by atoms with van der Waals surface area (Å²) in [6.45, 7) is 9.25. The van der Waals surface area contributed by atoms with Gasteiger partial charge in [0.2, 0.25) is 5.96 Å². The molecule has 4 aromatic rings. The molecule has 1 aliphatic heterocycles. The van der Waals surface area contributed by atoms with Crippen molar-refractivity contribution in [3.05, 3.63) is 116 Å². The molecule has 5 rings (SSSR count). The number of guanidine groups is 1. The van der Waals surface area contributed by atoms with Crippen molar-refractivity contribution in [3.63, 3.8) is 0 Å². The first kappa shape index (κ1) is 38.7. The minimum atomic E-state index is -4.12. The van der Waals surface area contributed by atoms with Gasteiger partial charge in [-0.3, -0.25) is 14.6 Å². The van der Waals surface area contributed by atoms with Gasteiger partial charge in [0.05, 0.1) is 4.90 Å². The van der Waals surface area contributed by atoms with E-state index in [0.29, 0.717) is 35.4 Å². The molecule has 3 aromatic carbocycles. The largest absolute Gasteiger partial charge is 0.487 e. The maximum atomic E-state index is 13.5. The predicted octanol–water partition coefficient (Wildman–Crippen LogP) is 5.06. The molecule has 1 amide bonds. The number of aromatic amines is 1. The van der Waals surface area contributed by atoms with Gasteiger partial charge in [0.15, 0.2) is 0 Å². The number of fused-ring (bicyclic) bond motifs is 1. The summed E-state index contributed by atoms with van der Waals surface area (Å²) in [7, 11) is -4.12. The molecule has 280 valence electrons. The summed E-state index contributed by atoms with van der Waals surface area (Å²) < 4.78 is 49.0. The van der Waals surface area contributed by atoms with Crippen LogP contribution >= 0.6 is 0 Å². The van der Waals surface area contributed by atoms with Crippen molar-refractivity contribution in [2.75, 3.05) is 6.54 Å². The van der Waals surface area contributed by atoms with Crippen molar-refractivity contribution >= 4 is 27.9 Å². The number of benzene rings is 3. The minimum Gasteiger partial charge on any atom is -0.487 e. The molecule has 0 radical (unpaired) electrons. The van der Waals surface area contributed by atoms with Gasteiger partial charge in [-0.15, -0.1) is 0 Å². The number of aromatic nitrogens is 1. The van der Waals surface area contributed by atoms with Gasteiger partial charge in [-0.25, -0.2) is 22.3 Å². The highest BCUT2D eigenvalue weighted by Crippen LogP contribution is 2.42. The number of carbonyl (C=O) groups excluding carboxylic acids is 1. The second-order valence-corrected chi connectivity index (χ2v) is 15.4. The van der Waals surface area contributed by atoms with Gasteiger partial charge in [0.25, 0.3) is 21.5 Å². The van der Waals surface area contributed by atoms with Crippen molar-refractivity contribution in [1.29, 1.82) is 0 Å². The van der Waals surface area contributed by atoms with Crippen LogP contribution in [0.3, 0.4) is 0 Å². The lowest BCUT2D eigenvalue weighted by Crippen LogP contribution is -2.42. The van der Waals surface area contributed by atoms with Crippen LogP contribution in [0, 0.1) is 26.6 Å². The maximum Gasteiger partial charge on any atom is 0.326 e. The van der Waals surface area contributed by atoms with E-state index in [0.717, 1.165) is 34.2 Å². The first-order valence-corrected chi connectivity index (χ1v) is 18.7. The average molecular weight is 746 g/mol. The van der Waals surface area contributed by atoms with Crippen LogP contribution in [0.25, 0.3) is 11.1 Å². The summed E-state index contributed by atoms with van der Waals surface area (Å²) in [4.78, 5) is 44.8. The molecule has 0 spiro atoms. The smallest absolute Gasteiger partial charge is 0.326 e. The quantitative estimate of drug-likeness (QED) is 0.0755. The minimum absolute atomic E-state index is 0.0349. The number of aliphatic imine (C=N–C) groups is 1. The highest BCUT2D eigenvalue weighted by atomic mass is 32.2. The van der Waals surface area contributed by atoms with Gasteiger partial charge in [-0.05, 0) is 124 Å². The Hall–Kier alpha value is -5.50. The average Bonchev–Trinajstić information content (AvgIpc) is 3.08. The molecule has 1 aromatic heterocycles. The summed E-state index contributed by atoms with van der Waals surface area (Å²) in [6, 6.07) is 15.1. The number of carbonyl (C=O) groups is 2. The van der Waals surface area contributed by atoms with E-state index in [1.165, 1.54) is 18.2 Å². The summed E-state index contributed by atoms with van der Waals surface area (Å²) in [5.74, 6) is -2.19. The Bertz CT molecular complexity index is 2250. The zero-order chi connectivity index (χ0) is 38.7. The molecule has 0 aliphatic carbocycles. The number of hydrogen-bond donors (Lipinski definition) is 5. The Labute approximate surface area is 307 Å². The Morgan fingerprint density at radius 2 is 1.74 bits per heavy atom. The molecule has 0 saturated carbocycles. The monoisotopic (exact) mass is 745 g/mol. The Morgan fingerprint density at radius 3 is 2.42 bits per heavy atom. The molecule has 12 nitrogen and oxygen atoms in total. The van der Waals surface area contributed by atoms with Gasteiger partial charge >= 0.3 is 5.97 Å². The van der Waals surface area contributed by atoms with E-state index in [9.17, 15) is 32.3 Å². The SMILES string of the molecule is Cc1c(C)c(S(=O)(=O)NC(N)=NCCC[C@H](NC(=O)c2ccc(Cc3ccccc3-c3ccc(F)cc3)[nH]c2=O)C(=O)O)c(C)c2c1OC(C)(C)CC2. The molecule has 53 heavy (non-hydrogen) atoms. The van der Waals surface area contributed by atoms with Gasteiger partial charge in [-0.2, -0.15) is 0 Å². The van der Waals surface area contributed by atoms with Crippen LogP contribution in [-0.2, 0) is 27.7 Å². The number of carboxylic acids is 1. The Morgan fingerprint density at radius 1 is 1.04 bits per heavy atom. The summed E-state index contributed by atoms with van der Waals surface area (Å²) in [5, 5.41) is 12.2. The number of halogens is 1. The van der Waals surface area contributed by atoms with E-state index in [1.807, 2.05) is 45.0 Å². The normalized spacial score (nSPS) is 14.5. The fourth-order valence-electron chi connectivity index (χ4n) is 6.55. The van der Waals surface area contributed by atoms with Gasteiger partial charge in [0.1, 0.15) is 28.8 Å². The molecule has 0 fully saturated rings. The molecule has 1 aliphatic rings. The van der Waals surface area contributed by atoms with Crippen molar-refractivity contribution in [2.24, 2.45) is 10.7 Å². The second kappa shape index (κ2) is 15.6. The lowest BCUT2D eigenvalue weighted by molar-refractivity contribution is -0.139. The number of hydrogen-bond acceptors (Lipinski definition) is 7. The highest BCUT2D eigenvalue weighted by molar-refractivity contribution is 7.90. The fraction of sp³-hybridized carbons (Fsp3) is 0.333. The standard InChI is InChI=1S/C39H44FN5O7S/c1-22-23(2)34(24(3)29-18-19-39(4,5)52-33(22)29)53(50,51)45-38(41)42-20-8-11-32(37(48)49)44-36(47)31-17-16-28(43-35(31)46)21-26-9-6-7-10-30(26)25-12-14-27(40)15-13-25/h6-7,9-10,12-17,32H,8,11,18-21H2,1-5H3,(H,43,46)(H,44,47)(H,48,49)(H3,41,42,45)/t32-/m0/s1. The van der Waals surface area contributed by atoms with Crippen LogP contribution in [-0.4, -0.2) is 54.5 Å². The number of pyridine rings is 1. The maximum absolute atomic E-state index is 13.5. The number of carboxylic acid groups (broad SMARTS) is 1. The number of aliphatic carboxylic acids is 1. The van der Waals surface area contributed by atoms with Crippen LogP contribution in [0.1, 0.15) is 77.0 Å². The van der Waals surface area contributed by atoms with Crippen LogP contribution in [0.15, 0.2) is 75.3 Å². The molecule has 2 heterocycles. The van der Waals surface area contributed by atoms with Crippen molar-refractivity contribution in [3.8, 4) is 16.9 Å². The molecule has 0 unspecified atom stereocenters. The number of nitrogens with zero attached hydrogens (tertiary/aromatic N) is 1. The first-order valence-electron chi connectivity index (χ1n) is 17.2. The number of rotatable bonds is 12. The molecule has 0 bridgehead atoms.